The fourth-order valence-electron chi connectivity index (χ4n) is 5.16. The first-order valence-electron chi connectivity index (χ1n) is 13.9. The molecule has 4 aromatic rings. The van der Waals surface area contributed by atoms with Gasteiger partial charge in [0, 0.05) is 0 Å². The summed E-state index contributed by atoms with van der Waals surface area (Å²) in [6.07, 6.45) is 1.79. The Morgan fingerprint density at radius 1 is 1.11 bits per heavy atom. The quantitative estimate of drug-likeness (QED) is 0.237. The molecule has 1 atom stereocenters. The maximum atomic E-state index is 14.0. The van der Waals surface area contributed by atoms with E-state index in [-0.39, 0.29) is 25.6 Å². The molecule has 11 heteroatoms. The van der Waals surface area contributed by atoms with Crippen LogP contribution in [0.15, 0.2) is 80.1 Å². The molecule has 9 nitrogen and oxygen atoms in total. The van der Waals surface area contributed by atoms with Crippen LogP contribution in [0, 0.1) is 6.92 Å². The van der Waals surface area contributed by atoms with Crippen molar-refractivity contribution in [2.24, 2.45) is 4.99 Å². The van der Waals surface area contributed by atoms with Crippen LogP contribution in [0.2, 0.25) is 0 Å². The standard InChI is InChI=1S/C33H29BrN2O7S/c1-5-40-32(38)28-19(3)35-33-36(29(28)22-9-6-18(2)7-10-22)31(37)27(44-33)15-21-12-23(34)30(26(14-21)39-4)41-16-20-8-11-24-25(13-20)43-17-42-24/h6-15,29H,5,16-17H2,1-4H3/b27-15+/t29-/m0/s1. The lowest BCUT2D eigenvalue weighted by Crippen LogP contribution is -2.39. The van der Waals surface area contributed by atoms with Crippen LogP contribution in [0.5, 0.6) is 23.0 Å². The van der Waals surface area contributed by atoms with E-state index in [2.05, 4.69) is 20.9 Å². The second-order valence-electron chi connectivity index (χ2n) is 10.2. The molecule has 2 aliphatic heterocycles. The van der Waals surface area contributed by atoms with Crippen molar-refractivity contribution in [3.63, 3.8) is 0 Å². The number of benzene rings is 3. The van der Waals surface area contributed by atoms with Gasteiger partial charge in [-0.1, -0.05) is 47.2 Å². The van der Waals surface area contributed by atoms with E-state index in [1.807, 2.05) is 61.5 Å². The number of esters is 1. The molecule has 0 spiro atoms. The number of halogens is 1. The van der Waals surface area contributed by atoms with Crippen molar-refractivity contribution >= 4 is 39.3 Å². The summed E-state index contributed by atoms with van der Waals surface area (Å²) >= 11 is 4.88. The first-order valence-corrected chi connectivity index (χ1v) is 15.5. The predicted molar refractivity (Wildman–Crippen MR) is 169 cm³/mol. The van der Waals surface area contributed by atoms with Gasteiger partial charge in [0.05, 0.1) is 40.0 Å². The lowest BCUT2D eigenvalue weighted by molar-refractivity contribution is -0.139. The molecule has 0 saturated carbocycles. The average Bonchev–Trinajstić information content (AvgIpc) is 3.59. The van der Waals surface area contributed by atoms with E-state index < -0.39 is 12.0 Å². The van der Waals surface area contributed by atoms with Crippen molar-refractivity contribution in [1.29, 1.82) is 0 Å². The van der Waals surface area contributed by atoms with Crippen LogP contribution in [0.25, 0.3) is 6.08 Å². The average molecular weight is 678 g/mol. The maximum Gasteiger partial charge on any atom is 0.338 e. The second-order valence-corrected chi connectivity index (χ2v) is 12.1. The number of carbonyl (C=O) groups excluding carboxylic acids is 1. The summed E-state index contributed by atoms with van der Waals surface area (Å²) in [6, 6.07) is 16.4. The molecule has 0 aliphatic carbocycles. The monoisotopic (exact) mass is 676 g/mol. The van der Waals surface area contributed by atoms with Gasteiger partial charge in [-0.3, -0.25) is 9.36 Å². The molecule has 0 radical (unpaired) electrons. The van der Waals surface area contributed by atoms with E-state index in [0.717, 1.165) is 22.3 Å². The van der Waals surface area contributed by atoms with Gasteiger partial charge in [0.15, 0.2) is 27.8 Å². The highest BCUT2D eigenvalue weighted by molar-refractivity contribution is 9.10. The Bertz CT molecular complexity index is 1980. The molecule has 0 amide bonds. The Kier molecular flexibility index (Phi) is 8.33. The Labute approximate surface area is 265 Å². The van der Waals surface area contributed by atoms with Gasteiger partial charge in [-0.05, 0) is 83.7 Å². The predicted octanol–water partition coefficient (Wildman–Crippen LogP) is 5.19. The number of aryl methyl sites for hydroxylation is 1. The molecule has 1 aromatic heterocycles. The highest BCUT2D eigenvalue weighted by Crippen LogP contribution is 2.38. The molecule has 6 rings (SSSR count). The van der Waals surface area contributed by atoms with Gasteiger partial charge in [-0.25, -0.2) is 9.79 Å². The number of hydrogen-bond donors (Lipinski definition) is 0. The third kappa shape index (κ3) is 5.65. The van der Waals surface area contributed by atoms with Gasteiger partial charge in [0.1, 0.15) is 6.61 Å². The summed E-state index contributed by atoms with van der Waals surface area (Å²) in [5.74, 6) is 1.93. The molecule has 3 heterocycles. The number of allylic oxidation sites excluding steroid dienone is 1. The van der Waals surface area contributed by atoms with Crippen molar-refractivity contribution in [1.82, 2.24) is 4.57 Å². The third-order valence-electron chi connectivity index (χ3n) is 7.28. The van der Waals surface area contributed by atoms with Crippen molar-refractivity contribution in [2.75, 3.05) is 20.5 Å². The number of ether oxygens (including phenoxy) is 5. The lowest BCUT2D eigenvalue weighted by Gasteiger charge is -2.24. The molecule has 0 N–H and O–H groups in total. The Balaban J connectivity index is 1.37. The maximum absolute atomic E-state index is 14.0. The Morgan fingerprint density at radius 2 is 1.89 bits per heavy atom. The summed E-state index contributed by atoms with van der Waals surface area (Å²) in [7, 11) is 1.56. The highest BCUT2D eigenvalue weighted by atomic mass is 79.9. The van der Waals surface area contributed by atoms with Gasteiger partial charge >= 0.3 is 5.97 Å². The number of hydrogen-bond acceptors (Lipinski definition) is 9. The normalized spacial score (nSPS) is 15.6. The van der Waals surface area contributed by atoms with Crippen molar-refractivity contribution in [3.8, 4) is 23.0 Å². The van der Waals surface area contributed by atoms with Crippen LogP contribution in [-0.2, 0) is 16.1 Å². The number of aromatic nitrogens is 1. The molecule has 0 saturated heterocycles. The van der Waals surface area contributed by atoms with Crippen LogP contribution in [0.3, 0.4) is 0 Å². The fourth-order valence-corrected chi connectivity index (χ4v) is 6.78. The SMILES string of the molecule is CCOC(=O)C1=C(C)N=c2s/c(=C/c3cc(Br)c(OCc4ccc5c(c4)OCO5)c(OC)c3)c(=O)n2[C@H]1c1ccc(C)cc1. The molecule has 226 valence electrons. The Morgan fingerprint density at radius 3 is 2.64 bits per heavy atom. The van der Waals surface area contributed by atoms with E-state index >= 15 is 0 Å². The smallest absolute Gasteiger partial charge is 0.338 e. The second kappa shape index (κ2) is 12.3. The highest BCUT2D eigenvalue weighted by Gasteiger charge is 2.33. The van der Waals surface area contributed by atoms with Gasteiger partial charge < -0.3 is 23.7 Å². The minimum atomic E-state index is -0.665. The van der Waals surface area contributed by atoms with Crippen LogP contribution in [0.1, 0.15) is 42.1 Å². The zero-order valence-corrected chi connectivity index (χ0v) is 26.9. The van der Waals surface area contributed by atoms with Gasteiger partial charge in [-0.2, -0.15) is 0 Å². The summed E-state index contributed by atoms with van der Waals surface area (Å²) in [5, 5.41) is 0. The molecule has 0 unspecified atom stereocenters. The van der Waals surface area contributed by atoms with E-state index in [0.29, 0.717) is 48.1 Å². The number of thiazole rings is 1. The summed E-state index contributed by atoms with van der Waals surface area (Å²) < 4.78 is 30.7. The van der Waals surface area contributed by atoms with Crippen LogP contribution in [-0.4, -0.2) is 31.0 Å². The summed E-state index contributed by atoms with van der Waals surface area (Å²) in [4.78, 5) is 32.2. The van der Waals surface area contributed by atoms with Crippen LogP contribution in [0.4, 0.5) is 0 Å². The van der Waals surface area contributed by atoms with Gasteiger partial charge in [0.25, 0.3) is 5.56 Å². The number of nitrogens with zero attached hydrogens (tertiary/aromatic N) is 2. The van der Waals surface area contributed by atoms with E-state index in [1.54, 1.807) is 31.6 Å². The number of rotatable bonds is 8. The van der Waals surface area contributed by atoms with Crippen molar-refractivity contribution in [2.45, 2.75) is 33.4 Å². The summed E-state index contributed by atoms with van der Waals surface area (Å²) in [5.41, 5.74) is 4.12. The van der Waals surface area contributed by atoms with Crippen LogP contribution >= 0.6 is 27.3 Å². The lowest BCUT2D eigenvalue weighted by atomic mass is 9.95. The molecular formula is C33H29BrN2O7S. The minimum absolute atomic E-state index is 0.206. The van der Waals surface area contributed by atoms with E-state index in [4.69, 9.17) is 23.7 Å². The zero-order valence-electron chi connectivity index (χ0n) is 24.5. The third-order valence-corrected chi connectivity index (χ3v) is 8.85. The molecule has 3 aromatic carbocycles. The van der Waals surface area contributed by atoms with Gasteiger partial charge in [-0.15, -0.1) is 0 Å². The molecular weight excluding hydrogens is 648 g/mol. The molecule has 0 bridgehead atoms. The number of fused-ring (bicyclic) bond motifs is 2. The number of methoxy groups -OCH3 is 1. The molecule has 2 aliphatic rings. The first kappa shape index (κ1) is 29.7. The van der Waals surface area contributed by atoms with Crippen molar-refractivity contribution < 1.29 is 28.5 Å². The summed E-state index contributed by atoms with van der Waals surface area (Å²) in [6.45, 7) is 6.22. The molecule has 44 heavy (non-hydrogen) atoms. The molecule has 0 fully saturated rings. The topological polar surface area (TPSA) is 97.6 Å². The number of carbonyl (C=O) groups is 1. The first-order chi connectivity index (χ1) is 21.3. The Hall–Kier alpha value is -4.35. The van der Waals surface area contributed by atoms with Crippen LogP contribution < -0.4 is 33.8 Å². The van der Waals surface area contributed by atoms with Crippen molar-refractivity contribution in [3.05, 3.63) is 112 Å². The van der Waals surface area contributed by atoms with Gasteiger partial charge in [0.2, 0.25) is 6.79 Å². The van der Waals surface area contributed by atoms with E-state index in [9.17, 15) is 9.59 Å². The zero-order chi connectivity index (χ0) is 31.0. The van der Waals surface area contributed by atoms with E-state index in [1.165, 1.54) is 11.3 Å². The fraction of sp³-hybridized carbons (Fsp3) is 0.242. The largest absolute Gasteiger partial charge is 0.493 e. The minimum Gasteiger partial charge on any atom is -0.493 e.